The van der Waals surface area contributed by atoms with Crippen LogP contribution in [0.1, 0.15) is 26.7 Å². The van der Waals surface area contributed by atoms with Crippen LogP contribution in [-0.4, -0.2) is 60.5 Å². The summed E-state index contributed by atoms with van der Waals surface area (Å²) >= 11 is 0. The molecule has 1 aliphatic rings. The molecule has 1 amide bonds. The summed E-state index contributed by atoms with van der Waals surface area (Å²) in [7, 11) is 0. The molecular weight excluding hydrogens is 216 g/mol. The number of piperazine rings is 1. The minimum Gasteiger partial charge on any atom is -0.340 e. The number of rotatable bonds is 6. The Balaban J connectivity index is 2.26. The highest BCUT2D eigenvalue weighted by molar-refractivity contribution is 5.79. The third-order valence-corrected chi connectivity index (χ3v) is 3.15. The van der Waals surface area contributed by atoms with Gasteiger partial charge in [0.1, 0.15) is 0 Å². The van der Waals surface area contributed by atoms with E-state index in [1.54, 1.807) is 0 Å². The largest absolute Gasteiger partial charge is 0.340 e. The van der Waals surface area contributed by atoms with Gasteiger partial charge in [-0.15, -0.1) is 0 Å². The highest BCUT2D eigenvalue weighted by atomic mass is 16.2. The Hall–Kier alpha value is -0.650. The Morgan fingerprint density at radius 2 is 1.71 bits per heavy atom. The van der Waals surface area contributed by atoms with E-state index in [1.807, 2.05) is 18.7 Å². The van der Waals surface area contributed by atoms with Gasteiger partial charge < -0.3 is 16.4 Å². The van der Waals surface area contributed by atoms with Gasteiger partial charge in [-0.05, 0) is 26.7 Å². The van der Waals surface area contributed by atoms with Gasteiger partial charge in [0.25, 0.3) is 0 Å². The van der Waals surface area contributed by atoms with Crippen LogP contribution in [0, 0.1) is 0 Å². The number of nitrogens with zero attached hydrogens (tertiary/aromatic N) is 2. The standard InChI is InChI=1S/C12H26N4O/c1-10(13)3-5-15-7-8-16(12(17)9-15)6-4-11(2)14/h10-11H,3-9,13-14H2,1-2H3. The lowest BCUT2D eigenvalue weighted by Gasteiger charge is -2.34. The first-order valence-corrected chi connectivity index (χ1v) is 6.50. The van der Waals surface area contributed by atoms with Gasteiger partial charge in [0.2, 0.25) is 5.91 Å². The van der Waals surface area contributed by atoms with Crippen molar-refractivity contribution in [2.75, 3.05) is 32.7 Å². The van der Waals surface area contributed by atoms with E-state index in [4.69, 9.17) is 11.5 Å². The average Bonchev–Trinajstić information content (AvgIpc) is 2.24. The minimum atomic E-state index is 0.166. The second-order valence-electron chi connectivity index (χ2n) is 5.19. The average molecular weight is 242 g/mol. The van der Waals surface area contributed by atoms with Gasteiger partial charge in [-0.25, -0.2) is 0 Å². The Bertz CT molecular complexity index is 243. The molecule has 100 valence electrons. The maximum absolute atomic E-state index is 11.9. The van der Waals surface area contributed by atoms with Crippen molar-refractivity contribution in [3.63, 3.8) is 0 Å². The molecule has 1 fully saturated rings. The van der Waals surface area contributed by atoms with Crippen LogP contribution < -0.4 is 11.5 Å². The van der Waals surface area contributed by atoms with Gasteiger partial charge in [-0.2, -0.15) is 0 Å². The molecule has 4 N–H and O–H groups in total. The molecular formula is C12H26N4O. The fraction of sp³-hybridized carbons (Fsp3) is 0.917. The molecule has 1 heterocycles. The molecule has 0 aromatic carbocycles. The van der Waals surface area contributed by atoms with Gasteiger partial charge in [0, 0.05) is 38.3 Å². The molecule has 5 heteroatoms. The predicted octanol–water partition coefficient (Wildman–Crippen LogP) is -0.395. The van der Waals surface area contributed by atoms with E-state index in [0.717, 1.165) is 39.0 Å². The Labute approximate surface area is 104 Å². The monoisotopic (exact) mass is 242 g/mol. The number of hydrogen-bond donors (Lipinski definition) is 2. The third kappa shape index (κ3) is 5.48. The molecule has 0 aromatic heterocycles. The van der Waals surface area contributed by atoms with Crippen LogP contribution in [0.25, 0.3) is 0 Å². The van der Waals surface area contributed by atoms with Crippen LogP contribution in [-0.2, 0) is 4.79 Å². The lowest BCUT2D eigenvalue weighted by molar-refractivity contribution is -0.136. The van der Waals surface area contributed by atoms with Gasteiger partial charge in [0.15, 0.2) is 0 Å². The molecule has 0 spiro atoms. The highest BCUT2D eigenvalue weighted by Gasteiger charge is 2.23. The van der Waals surface area contributed by atoms with Gasteiger partial charge in [-0.3, -0.25) is 9.69 Å². The maximum Gasteiger partial charge on any atom is 0.236 e. The summed E-state index contributed by atoms with van der Waals surface area (Å²) in [5.74, 6) is 0.224. The second kappa shape index (κ2) is 6.93. The molecule has 0 bridgehead atoms. The lowest BCUT2D eigenvalue weighted by Crippen LogP contribution is -2.51. The summed E-state index contributed by atoms with van der Waals surface area (Å²) in [6.45, 7) is 8.00. The molecule has 1 saturated heterocycles. The van der Waals surface area contributed by atoms with Crippen molar-refractivity contribution in [1.82, 2.24) is 9.80 Å². The lowest BCUT2D eigenvalue weighted by atomic mass is 10.2. The Morgan fingerprint density at radius 1 is 1.12 bits per heavy atom. The Kier molecular flexibility index (Phi) is 5.88. The van der Waals surface area contributed by atoms with Crippen LogP contribution in [0.5, 0.6) is 0 Å². The van der Waals surface area contributed by atoms with Crippen molar-refractivity contribution in [1.29, 1.82) is 0 Å². The number of carbonyl (C=O) groups is 1. The normalized spacial score (nSPS) is 21.6. The summed E-state index contributed by atoms with van der Waals surface area (Å²) in [6, 6.07) is 0.375. The van der Waals surface area contributed by atoms with Crippen molar-refractivity contribution in [3.05, 3.63) is 0 Å². The molecule has 2 unspecified atom stereocenters. The van der Waals surface area contributed by atoms with Crippen LogP contribution >= 0.6 is 0 Å². The molecule has 0 aromatic rings. The predicted molar refractivity (Wildman–Crippen MR) is 69.6 cm³/mol. The Morgan fingerprint density at radius 3 is 2.24 bits per heavy atom. The van der Waals surface area contributed by atoms with E-state index < -0.39 is 0 Å². The van der Waals surface area contributed by atoms with E-state index in [1.165, 1.54) is 0 Å². The van der Waals surface area contributed by atoms with Crippen molar-refractivity contribution in [3.8, 4) is 0 Å². The fourth-order valence-corrected chi connectivity index (χ4v) is 1.93. The zero-order chi connectivity index (χ0) is 12.8. The molecule has 0 saturated carbocycles. The third-order valence-electron chi connectivity index (χ3n) is 3.15. The maximum atomic E-state index is 11.9. The number of amides is 1. The molecule has 2 atom stereocenters. The van der Waals surface area contributed by atoms with Crippen LogP contribution in [0.2, 0.25) is 0 Å². The van der Waals surface area contributed by atoms with Crippen LogP contribution in [0.3, 0.4) is 0 Å². The molecule has 1 rings (SSSR count). The smallest absolute Gasteiger partial charge is 0.236 e. The molecule has 1 aliphatic heterocycles. The summed E-state index contributed by atoms with van der Waals surface area (Å²) < 4.78 is 0. The molecule has 0 aliphatic carbocycles. The van der Waals surface area contributed by atoms with Gasteiger partial charge in [0.05, 0.1) is 6.54 Å². The molecule has 0 radical (unpaired) electrons. The minimum absolute atomic E-state index is 0.166. The van der Waals surface area contributed by atoms with Gasteiger partial charge >= 0.3 is 0 Å². The second-order valence-corrected chi connectivity index (χ2v) is 5.19. The van der Waals surface area contributed by atoms with E-state index in [0.29, 0.717) is 6.54 Å². The van der Waals surface area contributed by atoms with E-state index >= 15 is 0 Å². The topological polar surface area (TPSA) is 75.6 Å². The summed E-state index contributed by atoms with van der Waals surface area (Å²) in [6.07, 6.45) is 1.83. The summed E-state index contributed by atoms with van der Waals surface area (Å²) in [4.78, 5) is 16.0. The quantitative estimate of drug-likeness (QED) is 0.665. The number of hydrogen-bond acceptors (Lipinski definition) is 4. The van der Waals surface area contributed by atoms with E-state index in [-0.39, 0.29) is 18.0 Å². The van der Waals surface area contributed by atoms with Crippen LogP contribution in [0.15, 0.2) is 0 Å². The zero-order valence-electron chi connectivity index (χ0n) is 11.1. The van der Waals surface area contributed by atoms with Crippen molar-refractivity contribution < 1.29 is 4.79 Å². The van der Waals surface area contributed by atoms with Crippen molar-refractivity contribution in [2.24, 2.45) is 11.5 Å². The summed E-state index contributed by atoms with van der Waals surface area (Å²) in [5.41, 5.74) is 11.4. The first kappa shape index (κ1) is 14.4. The number of carbonyl (C=O) groups excluding carboxylic acids is 1. The van der Waals surface area contributed by atoms with Crippen LogP contribution in [0.4, 0.5) is 0 Å². The first-order valence-electron chi connectivity index (χ1n) is 6.50. The summed E-state index contributed by atoms with van der Waals surface area (Å²) in [5, 5.41) is 0. The van der Waals surface area contributed by atoms with E-state index in [2.05, 4.69) is 4.90 Å². The molecule has 17 heavy (non-hydrogen) atoms. The first-order chi connectivity index (χ1) is 7.99. The van der Waals surface area contributed by atoms with Gasteiger partial charge in [-0.1, -0.05) is 0 Å². The highest BCUT2D eigenvalue weighted by Crippen LogP contribution is 2.06. The van der Waals surface area contributed by atoms with Crippen molar-refractivity contribution >= 4 is 5.91 Å². The van der Waals surface area contributed by atoms with Crippen molar-refractivity contribution in [2.45, 2.75) is 38.8 Å². The zero-order valence-corrected chi connectivity index (χ0v) is 11.1. The fourth-order valence-electron chi connectivity index (χ4n) is 1.93. The SMILES string of the molecule is CC(N)CCN1CCN(CCC(C)N)C(=O)C1. The van der Waals surface area contributed by atoms with E-state index in [9.17, 15) is 4.79 Å². The number of nitrogens with two attached hydrogens (primary N) is 2. The molecule has 5 nitrogen and oxygen atoms in total.